The Bertz CT molecular complexity index is 751. The Kier molecular flexibility index (Phi) is 5.53. The van der Waals surface area contributed by atoms with Gasteiger partial charge in [0.05, 0.1) is 25.4 Å². The predicted octanol–water partition coefficient (Wildman–Crippen LogP) is -0.279. The number of primary amides is 1. The molecule has 2 saturated heterocycles. The Hall–Kier alpha value is -2.77. The second-order valence-electron chi connectivity index (χ2n) is 7.10. The van der Waals surface area contributed by atoms with Crippen LogP contribution in [0.3, 0.4) is 0 Å². The molecule has 2 N–H and O–H groups in total. The largest absolute Gasteiger partial charge is 0.369 e. The van der Waals surface area contributed by atoms with Crippen LogP contribution < -0.4 is 5.73 Å². The monoisotopic (exact) mass is 371 g/mol. The van der Waals surface area contributed by atoms with Gasteiger partial charge in [0.2, 0.25) is 17.7 Å². The summed E-state index contributed by atoms with van der Waals surface area (Å²) in [4.78, 5) is 55.8. The second kappa shape index (κ2) is 7.85. The summed E-state index contributed by atoms with van der Waals surface area (Å²) in [5.74, 6) is -1.46. The number of pyridine rings is 1. The standard InChI is InChI=1S/C19H23N4O4/c1-12(19(20)27)4-5-16(25)22-8-6-14-18(22)15(24)11-23(14)17(26)9-13-3-2-7-21-10-13/h2-3,5,7,10,12,14,18H,4,6,8-9,11H2,1H3,(H2,20,27). The summed E-state index contributed by atoms with van der Waals surface area (Å²) in [5, 5.41) is 0. The molecular formula is C19H23N4O4. The minimum absolute atomic E-state index is 0.0237. The highest BCUT2D eigenvalue weighted by Crippen LogP contribution is 2.30. The van der Waals surface area contributed by atoms with Crippen molar-refractivity contribution in [3.63, 3.8) is 0 Å². The van der Waals surface area contributed by atoms with Gasteiger partial charge in [0.25, 0.3) is 0 Å². The highest BCUT2D eigenvalue weighted by Gasteiger charge is 2.50. The number of nitrogens with zero attached hydrogens (tertiary/aromatic N) is 3. The number of carbonyl (C=O) groups is 4. The van der Waals surface area contributed by atoms with E-state index in [1.165, 1.54) is 11.3 Å². The molecule has 1 radical (unpaired) electrons. The first-order chi connectivity index (χ1) is 12.9. The summed E-state index contributed by atoms with van der Waals surface area (Å²) in [7, 11) is 0. The SMILES string of the molecule is CC(C[CH]C(=O)N1CCC2C1C(=O)CN2C(=O)Cc1cccnc1)C(N)=O. The molecule has 0 bridgehead atoms. The molecule has 3 amide bonds. The van der Waals surface area contributed by atoms with Crippen molar-refractivity contribution in [3.8, 4) is 0 Å². The van der Waals surface area contributed by atoms with Gasteiger partial charge in [-0.15, -0.1) is 0 Å². The second-order valence-corrected chi connectivity index (χ2v) is 7.10. The number of hydrogen-bond donors (Lipinski definition) is 1. The molecule has 3 heterocycles. The van der Waals surface area contributed by atoms with Crippen molar-refractivity contribution in [2.24, 2.45) is 11.7 Å². The van der Waals surface area contributed by atoms with Gasteiger partial charge in [-0.1, -0.05) is 13.0 Å². The average Bonchev–Trinajstić information content (AvgIpc) is 3.21. The maximum atomic E-state index is 12.7. The molecule has 0 spiro atoms. The summed E-state index contributed by atoms with van der Waals surface area (Å²) in [6, 6.07) is 2.70. The lowest BCUT2D eigenvalue weighted by Gasteiger charge is -2.24. The molecule has 143 valence electrons. The van der Waals surface area contributed by atoms with E-state index in [1.807, 2.05) is 6.07 Å². The maximum Gasteiger partial charge on any atom is 0.227 e. The zero-order valence-corrected chi connectivity index (χ0v) is 15.2. The molecule has 8 nitrogen and oxygen atoms in total. The highest BCUT2D eigenvalue weighted by molar-refractivity contribution is 5.99. The predicted molar refractivity (Wildman–Crippen MR) is 95.8 cm³/mol. The van der Waals surface area contributed by atoms with E-state index in [1.54, 1.807) is 30.3 Å². The molecular weight excluding hydrogens is 348 g/mol. The van der Waals surface area contributed by atoms with Crippen molar-refractivity contribution in [2.45, 2.75) is 38.3 Å². The number of likely N-dealkylation sites (tertiary alicyclic amines) is 2. The van der Waals surface area contributed by atoms with Crippen molar-refractivity contribution in [1.29, 1.82) is 0 Å². The van der Waals surface area contributed by atoms with Gasteiger partial charge in [-0.2, -0.15) is 0 Å². The molecule has 8 heteroatoms. The third-order valence-electron chi connectivity index (χ3n) is 5.24. The maximum absolute atomic E-state index is 12.7. The number of amides is 3. The van der Waals surface area contributed by atoms with Crippen LogP contribution in [0.2, 0.25) is 0 Å². The number of hydrogen-bond acceptors (Lipinski definition) is 5. The lowest BCUT2D eigenvalue weighted by atomic mass is 10.0. The number of ketones is 1. The topological polar surface area (TPSA) is 114 Å². The zero-order chi connectivity index (χ0) is 19.6. The van der Waals surface area contributed by atoms with Gasteiger partial charge in [0, 0.05) is 24.9 Å². The summed E-state index contributed by atoms with van der Waals surface area (Å²) in [6.45, 7) is 2.09. The van der Waals surface area contributed by atoms with E-state index >= 15 is 0 Å². The number of rotatable bonds is 6. The summed E-state index contributed by atoms with van der Waals surface area (Å²) in [5.41, 5.74) is 6.00. The van der Waals surface area contributed by atoms with Crippen LogP contribution in [0.5, 0.6) is 0 Å². The Morgan fingerprint density at radius 3 is 2.81 bits per heavy atom. The number of nitrogens with two attached hydrogens (primary N) is 1. The van der Waals surface area contributed by atoms with Gasteiger partial charge in [-0.3, -0.25) is 24.2 Å². The first kappa shape index (κ1) is 19.0. The van der Waals surface area contributed by atoms with E-state index in [9.17, 15) is 19.2 Å². The van der Waals surface area contributed by atoms with Gasteiger partial charge in [0.15, 0.2) is 5.78 Å². The van der Waals surface area contributed by atoms with Gasteiger partial charge in [-0.05, 0) is 24.5 Å². The van der Waals surface area contributed by atoms with E-state index in [2.05, 4.69) is 4.98 Å². The molecule has 2 aliphatic rings. The molecule has 3 rings (SSSR count). The fourth-order valence-corrected chi connectivity index (χ4v) is 3.68. The number of carbonyl (C=O) groups excluding carboxylic acids is 4. The molecule has 0 saturated carbocycles. The van der Waals surface area contributed by atoms with Crippen LogP contribution >= 0.6 is 0 Å². The van der Waals surface area contributed by atoms with Crippen molar-refractivity contribution in [3.05, 3.63) is 36.5 Å². The molecule has 1 aromatic heterocycles. The lowest BCUT2D eigenvalue weighted by molar-refractivity contribution is -0.133. The van der Waals surface area contributed by atoms with Gasteiger partial charge < -0.3 is 15.5 Å². The number of aromatic nitrogens is 1. The summed E-state index contributed by atoms with van der Waals surface area (Å²) >= 11 is 0. The lowest BCUT2D eigenvalue weighted by Crippen LogP contribution is -2.44. The Morgan fingerprint density at radius 1 is 1.37 bits per heavy atom. The fourth-order valence-electron chi connectivity index (χ4n) is 3.68. The van der Waals surface area contributed by atoms with Crippen molar-refractivity contribution < 1.29 is 19.2 Å². The Morgan fingerprint density at radius 2 is 2.15 bits per heavy atom. The zero-order valence-electron chi connectivity index (χ0n) is 15.2. The van der Waals surface area contributed by atoms with Crippen LogP contribution in [0.25, 0.3) is 0 Å². The molecule has 0 aliphatic carbocycles. The average molecular weight is 371 g/mol. The van der Waals surface area contributed by atoms with E-state index in [0.29, 0.717) is 13.0 Å². The van der Waals surface area contributed by atoms with Crippen LogP contribution in [-0.4, -0.2) is 63.5 Å². The highest BCUT2D eigenvalue weighted by atomic mass is 16.2. The smallest absolute Gasteiger partial charge is 0.227 e. The molecule has 1 aromatic rings. The minimum atomic E-state index is -0.601. The molecule has 3 atom stereocenters. The molecule has 27 heavy (non-hydrogen) atoms. The van der Waals surface area contributed by atoms with Crippen molar-refractivity contribution in [2.75, 3.05) is 13.1 Å². The fraction of sp³-hybridized carbons (Fsp3) is 0.474. The van der Waals surface area contributed by atoms with Crippen LogP contribution in [0.4, 0.5) is 0 Å². The van der Waals surface area contributed by atoms with Crippen LogP contribution in [-0.2, 0) is 25.6 Å². The number of Topliss-reactive ketones (excluding diaryl/α,β-unsaturated/α-hetero) is 1. The minimum Gasteiger partial charge on any atom is -0.369 e. The van der Waals surface area contributed by atoms with Crippen LogP contribution in [0.1, 0.15) is 25.3 Å². The van der Waals surface area contributed by atoms with E-state index < -0.39 is 17.9 Å². The molecule has 2 fully saturated rings. The van der Waals surface area contributed by atoms with Gasteiger partial charge in [-0.25, -0.2) is 0 Å². The normalized spacial score (nSPS) is 22.6. The Labute approximate surface area is 157 Å². The molecule has 2 aliphatic heterocycles. The third-order valence-corrected chi connectivity index (χ3v) is 5.24. The quantitative estimate of drug-likeness (QED) is 0.739. The van der Waals surface area contributed by atoms with Crippen LogP contribution in [0.15, 0.2) is 24.5 Å². The molecule has 3 unspecified atom stereocenters. The third kappa shape index (κ3) is 3.99. The number of fused-ring (bicyclic) bond motifs is 1. The van der Waals surface area contributed by atoms with Crippen molar-refractivity contribution >= 4 is 23.5 Å². The van der Waals surface area contributed by atoms with Gasteiger partial charge >= 0.3 is 0 Å². The summed E-state index contributed by atoms with van der Waals surface area (Å²) in [6.07, 6.45) is 5.66. The summed E-state index contributed by atoms with van der Waals surface area (Å²) < 4.78 is 0. The van der Waals surface area contributed by atoms with Crippen molar-refractivity contribution in [1.82, 2.24) is 14.8 Å². The van der Waals surface area contributed by atoms with E-state index in [-0.39, 0.29) is 43.0 Å². The first-order valence-corrected chi connectivity index (χ1v) is 9.02. The molecule has 0 aromatic carbocycles. The van der Waals surface area contributed by atoms with E-state index in [0.717, 1.165) is 5.56 Å². The first-order valence-electron chi connectivity index (χ1n) is 9.02. The Balaban J connectivity index is 1.63. The van der Waals surface area contributed by atoms with Crippen LogP contribution in [0, 0.1) is 12.3 Å². The van der Waals surface area contributed by atoms with E-state index in [4.69, 9.17) is 5.73 Å². The van der Waals surface area contributed by atoms with Gasteiger partial charge in [0.1, 0.15) is 6.04 Å².